The summed E-state index contributed by atoms with van der Waals surface area (Å²) < 4.78 is 41.6. The molecule has 2 aromatic rings. The minimum atomic E-state index is -3.51. The standard InChI is InChI=1S/C14H11F3/c15-13(11-7-3-1-4-8-11)14(16,17)12-9-5-2-6-10-12/h1-10,13H/t13-/m1/s1. The van der Waals surface area contributed by atoms with Gasteiger partial charge in [0.25, 0.3) is 0 Å². The average molecular weight is 236 g/mol. The van der Waals surface area contributed by atoms with Crippen molar-refractivity contribution in [2.24, 2.45) is 0 Å². The summed E-state index contributed by atoms with van der Waals surface area (Å²) >= 11 is 0. The van der Waals surface area contributed by atoms with Crippen LogP contribution >= 0.6 is 0 Å². The van der Waals surface area contributed by atoms with E-state index in [1.165, 1.54) is 36.4 Å². The van der Waals surface area contributed by atoms with Gasteiger partial charge < -0.3 is 0 Å². The molecule has 0 heterocycles. The monoisotopic (exact) mass is 236 g/mol. The van der Waals surface area contributed by atoms with Crippen LogP contribution in [-0.2, 0) is 5.92 Å². The molecular weight excluding hydrogens is 225 g/mol. The van der Waals surface area contributed by atoms with E-state index in [0.717, 1.165) is 0 Å². The molecule has 0 spiro atoms. The van der Waals surface area contributed by atoms with Crippen LogP contribution in [0, 0.1) is 0 Å². The molecule has 0 aliphatic heterocycles. The first-order chi connectivity index (χ1) is 8.12. The van der Waals surface area contributed by atoms with Crippen LogP contribution in [0.1, 0.15) is 17.3 Å². The van der Waals surface area contributed by atoms with Crippen molar-refractivity contribution in [3.8, 4) is 0 Å². The molecule has 2 rings (SSSR count). The summed E-state index contributed by atoms with van der Waals surface area (Å²) in [4.78, 5) is 0. The summed E-state index contributed by atoms with van der Waals surface area (Å²) in [5.74, 6) is -3.51. The number of hydrogen-bond donors (Lipinski definition) is 0. The second-order valence-electron chi connectivity index (χ2n) is 3.76. The van der Waals surface area contributed by atoms with Crippen molar-refractivity contribution in [3.05, 3.63) is 71.8 Å². The fourth-order valence-electron chi connectivity index (χ4n) is 1.64. The largest absolute Gasteiger partial charge is 0.307 e. The molecule has 0 N–H and O–H groups in total. The number of alkyl halides is 3. The lowest BCUT2D eigenvalue weighted by Crippen LogP contribution is -2.20. The van der Waals surface area contributed by atoms with Gasteiger partial charge in [-0.05, 0) is 5.56 Å². The lowest BCUT2D eigenvalue weighted by atomic mass is 9.98. The fourth-order valence-corrected chi connectivity index (χ4v) is 1.64. The molecule has 0 nitrogen and oxygen atoms in total. The van der Waals surface area contributed by atoms with Crippen molar-refractivity contribution in [2.45, 2.75) is 12.1 Å². The fraction of sp³-hybridized carbons (Fsp3) is 0.143. The molecule has 2 aromatic carbocycles. The van der Waals surface area contributed by atoms with Gasteiger partial charge in [0, 0.05) is 5.56 Å². The molecule has 1 atom stereocenters. The highest BCUT2D eigenvalue weighted by Crippen LogP contribution is 2.42. The van der Waals surface area contributed by atoms with Crippen LogP contribution in [-0.4, -0.2) is 0 Å². The van der Waals surface area contributed by atoms with Gasteiger partial charge in [0.2, 0.25) is 0 Å². The van der Waals surface area contributed by atoms with Crippen molar-refractivity contribution in [1.29, 1.82) is 0 Å². The average Bonchev–Trinajstić information content (AvgIpc) is 2.40. The van der Waals surface area contributed by atoms with Gasteiger partial charge in [-0.1, -0.05) is 60.7 Å². The van der Waals surface area contributed by atoms with Crippen molar-refractivity contribution in [1.82, 2.24) is 0 Å². The van der Waals surface area contributed by atoms with E-state index in [-0.39, 0.29) is 11.1 Å². The van der Waals surface area contributed by atoms with Gasteiger partial charge in [0.05, 0.1) is 0 Å². The molecule has 0 aliphatic carbocycles. The van der Waals surface area contributed by atoms with Crippen LogP contribution in [0.5, 0.6) is 0 Å². The number of benzene rings is 2. The quantitative estimate of drug-likeness (QED) is 0.736. The molecule has 3 heteroatoms. The number of hydrogen-bond acceptors (Lipinski definition) is 0. The van der Waals surface area contributed by atoms with E-state index < -0.39 is 12.1 Å². The molecule has 0 aromatic heterocycles. The lowest BCUT2D eigenvalue weighted by molar-refractivity contribution is -0.0809. The maximum atomic E-state index is 13.9. The molecule has 88 valence electrons. The molecular formula is C14H11F3. The van der Waals surface area contributed by atoms with E-state index in [2.05, 4.69) is 0 Å². The Morgan fingerprint density at radius 3 is 1.76 bits per heavy atom. The molecule has 17 heavy (non-hydrogen) atoms. The summed E-state index contributed by atoms with van der Waals surface area (Å²) in [6.45, 7) is 0. The van der Waals surface area contributed by atoms with Crippen LogP contribution in [0.4, 0.5) is 13.2 Å². The third-order valence-corrected chi connectivity index (χ3v) is 2.57. The SMILES string of the molecule is F[C@H](c1ccccc1)C(F)(F)c1ccccc1. The highest BCUT2D eigenvalue weighted by molar-refractivity contribution is 5.27. The molecule has 0 aliphatic rings. The van der Waals surface area contributed by atoms with Crippen LogP contribution in [0.3, 0.4) is 0 Å². The summed E-state index contributed by atoms with van der Waals surface area (Å²) in [6, 6.07) is 14.5. The zero-order valence-corrected chi connectivity index (χ0v) is 8.98. The molecule has 0 unspecified atom stereocenters. The summed E-state index contributed by atoms with van der Waals surface area (Å²) in [5, 5.41) is 0. The predicted octanol–water partition coefficient (Wildman–Crippen LogP) is 4.49. The van der Waals surface area contributed by atoms with Gasteiger partial charge in [-0.2, -0.15) is 8.78 Å². The molecule has 0 fully saturated rings. The van der Waals surface area contributed by atoms with Crippen LogP contribution in [0.2, 0.25) is 0 Å². The summed E-state index contributed by atoms with van der Waals surface area (Å²) in [7, 11) is 0. The van der Waals surface area contributed by atoms with E-state index in [1.807, 2.05) is 0 Å². The van der Waals surface area contributed by atoms with Crippen LogP contribution in [0.15, 0.2) is 60.7 Å². The second kappa shape index (κ2) is 4.62. The van der Waals surface area contributed by atoms with Gasteiger partial charge in [-0.3, -0.25) is 0 Å². The Bertz CT molecular complexity index is 465. The van der Waals surface area contributed by atoms with Crippen LogP contribution < -0.4 is 0 Å². The number of rotatable bonds is 3. The molecule has 0 bridgehead atoms. The van der Waals surface area contributed by atoms with Crippen molar-refractivity contribution < 1.29 is 13.2 Å². The van der Waals surface area contributed by atoms with Gasteiger partial charge >= 0.3 is 5.92 Å². The van der Waals surface area contributed by atoms with Crippen molar-refractivity contribution in [3.63, 3.8) is 0 Å². The molecule has 0 saturated carbocycles. The van der Waals surface area contributed by atoms with Crippen molar-refractivity contribution in [2.75, 3.05) is 0 Å². The van der Waals surface area contributed by atoms with Crippen molar-refractivity contribution >= 4 is 0 Å². The van der Waals surface area contributed by atoms with E-state index in [4.69, 9.17) is 0 Å². The Hall–Kier alpha value is -1.77. The normalized spacial score (nSPS) is 13.4. The lowest BCUT2D eigenvalue weighted by Gasteiger charge is -2.21. The second-order valence-corrected chi connectivity index (χ2v) is 3.76. The van der Waals surface area contributed by atoms with Gasteiger partial charge in [0.1, 0.15) is 0 Å². The Labute approximate surface area is 97.7 Å². The van der Waals surface area contributed by atoms with Gasteiger partial charge in [-0.25, -0.2) is 4.39 Å². The molecule has 0 amide bonds. The zero-order chi connectivity index (χ0) is 12.3. The summed E-state index contributed by atoms with van der Waals surface area (Å²) in [5.41, 5.74) is -0.322. The minimum absolute atomic E-state index is 0.0126. The third kappa shape index (κ3) is 2.33. The first-order valence-electron chi connectivity index (χ1n) is 5.24. The van der Waals surface area contributed by atoms with E-state index in [1.54, 1.807) is 24.3 Å². The predicted molar refractivity (Wildman–Crippen MR) is 60.6 cm³/mol. The van der Waals surface area contributed by atoms with E-state index in [9.17, 15) is 13.2 Å². The smallest absolute Gasteiger partial charge is 0.235 e. The Morgan fingerprint density at radius 2 is 1.24 bits per heavy atom. The highest BCUT2D eigenvalue weighted by atomic mass is 19.3. The summed E-state index contributed by atoms with van der Waals surface area (Å²) in [6.07, 6.45) is -2.33. The highest BCUT2D eigenvalue weighted by Gasteiger charge is 2.42. The van der Waals surface area contributed by atoms with Crippen LogP contribution in [0.25, 0.3) is 0 Å². The molecule has 0 saturated heterocycles. The maximum absolute atomic E-state index is 13.9. The first-order valence-corrected chi connectivity index (χ1v) is 5.24. The Balaban J connectivity index is 2.33. The Kier molecular flexibility index (Phi) is 3.18. The van der Waals surface area contributed by atoms with E-state index >= 15 is 0 Å². The Morgan fingerprint density at radius 1 is 0.765 bits per heavy atom. The molecule has 0 radical (unpaired) electrons. The van der Waals surface area contributed by atoms with E-state index in [0.29, 0.717) is 0 Å². The zero-order valence-electron chi connectivity index (χ0n) is 8.98. The maximum Gasteiger partial charge on any atom is 0.307 e. The first kappa shape index (κ1) is 11.7. The number of halogens is 3. The third-order valence-electron chi connectivity index (χ3n) is 2.57. The van der Waals surface area contributed by atoms with Gasteiger partial charge in [-0.15, -0.1) is 0 Å². The minimum Gasteiger partial charge on any atom is -0.235 e. The topological polar surface area (TPSA) is 0 Å². The van der Waals surface area contributed by atoms with Gasteiger partial charge in [0.15, 0.2) is 6.17 Å².